The van der Waals surface area contributed by atoms with Crippen molar-refractivity contribution in [3.63, 3.8) is 0 Å². The SMILES string of the molecule is O=C(Cn1cnc(-c2ccc3c(c2)OCO3)cc1=O)Nc1nc2ccccc2s1. The maximum Gasteiger partial charge on any atom is 0.254 e. The molecule has 0 fully saturated rings. The van der Waals surface area contributed by atoms with Gasteiger partial charge in [0.2, 0.25) is 12.7 Å². The van der Waals surface area contributed by atoms with Crippen LogP contribution in [-0.4, -0.2) is 27.2 Å². The van der Waals surface area contributed by atoms with E-state index in [4.69, 9.17) is 9.47 Å². The number of carbonyl (C=O) groups excluding carboxylic acids is 1. The van der Waals surface area contributed by atoms with Gasteiger partial charge in [0.05, 0.1) is 22.2 Å². The van der Waals surface area contributed by atoms with Gasteiger partial charge >= 0.3 is 0 Å². The van der Waals surface area contributed by atoms with Gasteiger partial charge in [0.15, 0.2) is 16.6 Å². The molecule has 0 radical (unpaired) electrons. The molecule has 4 aromatic rings. The molecule has 1 N–H and O–H groups in total. The lowest BCUT2D eigenvalue weighted by Gasteiger charge is -2.07. The lowest BCUT2D eigenvalue weighted by Crippen LogP contribution is -2.27. The zero-order valence-electron chi connectivity index (χ0n) is 15.0. The predicted molar refractivity (Wildman–Crippen MR) is 108 cm³/mol. The van der Waals surface area contributed by atoms with Crippen molar-refractivity contribution in [3.8, 4) is 22.8 Å². The van der Waals surface area contributed by atoms with Crippen LogP contribution in [0.2, 0.25) is 0 Å². The van der Waals surface area contributed by atoms with Crippen molar-refractivity contribution >= 4 is 32.6 Å². The molecule has 3 heterocycles. The van der Waals surface area contributed by atoms with Gasteiger partial charge in [-0.15, -0.1) is 0 Å². The Morgan fingerprint density at radius 1 is 1.14 bits per heavy atom. The van der Waals surface area contributed by atoms with Crippen LogP contribution >= 0.6 is 11.3 Å². The Morgan fingerprint density at radius 2 is 2.00 bits per heavy atom. The van der Waals surface area contributed by atoms with E-state index < -0.39 is 0 Å². The molecule has 1 aliphatic rings. The van der Waals surface area contributed by atoms with Crippen LogP contribution < -0.4 is 20.3 Å². The first-order chi connectivity index (χ1) is 14.2. The Hall–Kier alpha value is -3.72. The van der Waals surface area contributed by atoms with Crippen LogP contribution in [0.1, 0.15) is 0 Å². The minimum absolute atomic E-state index is 0.150. The number of nitrogens with zero attached hydrogens (tertiary/aromatic N) is 3. The largest absolute Gasteiger partial charge is 0.454 e. The number of benzene rings is 2. The van der Waals surface area contributed by atoms with Crippen molar-refractivity contribution in [1.29, 1.82) is 0 Å². The van der Waals surface area contributed by atoms with Crippen LogP contribution in [0.4, 0.5) is 5.13 Å². The van der Waals surface area contributed by atoms with E-state index in [1.165, 1.54) is 28.3 Å². The Labute approximate surface area is 168 Å². The fourth-order valence-corrected chi connectivity index (χ4v) is 3.88. The summed E-state index contributed by atoms with van der Waals surface area (Å²) < 4.78 is 12.9. The van der Waals surface area contributed by atoms with Crippen LogP contribution in [0.15, 0.2) is 59.7 Å². The smallest absolute Gasteiger partial charge is 0.254 e. The molecule has 0 aliphatic carbocycles. The number of carbonyl (C=O) groups is 1. The highest BCUT2D eigenvalue weighted by Crippen LogP contribution is 2.35. The number of anilines is 1. The molecular weight excluding hydrogens is 392 g/mol. The predicted octanol–water partition coefficient (Wildman–Crippen LogP) is 2.89. The van der Waals surface area contributed by atoms with Crippen LogP contribution in [-0.2, 0) is 11.3 Å². The van der Waals surface area contributed by atoms with E-state index in [1.807, 2.05) is 24.3 Å². The molecule has 2 aromatic carbocycles. The maximum absolute atomic E-state index is 12.4. The van der Waals surface area contributed by atoms with Crippen LogP contribution in [0.25, 0.3) is 21.5 Å². The quantitative estimate of drug-likeness (QED) is 0.560. The Kier molecular flexibility index (Phi) is 4.21. The van der Waals surface area contributed by atoms with Crippen molar-refractivity contribution in [2.75, 3.05) is 12.1 Å². The fourth-order valence-electron chi connectivity index (χ4n) is 3.00. The third kappa shape index (κ3) is 3.43. The number of hydrogen-bond acceptors (Lipinski definition) is 7. The highest BCUT2D eigenvalue weighted by Gasteiger charge is 2.15. The molecule has 2 aromatic heterocycles. The zero-order chi connectivity index (χ0) is 19.8. The summed E-state index contributed by atoms with van der Waals surface area (Å²) in [7, 11) is 0. The average Bonchev–Trinajstić information content (AvgIpc) is 3.34. The van der Waals surface area contributed by atoms with Crippen LogP contribution in [0.3, 0.4) is 0 Å². The topological polar surface area (TPSA) is 95.3 Å². The minimum Gasteiger partial charge on any atom is -0.454 e. The van der Waals surface area contributed by atoms with E-state index >= 15 is 0 Å². The molecular formula is C20H14N4O4S. The van der Waals surface area contributed by atoms with Crippen molar-refractivity contribution in [2.24, 2.45) is 0 Å². The van der Waals surface area contributed by atoms with Gasteiger partial charge in [0.25, 0.3) is 5.56 Å². The number of fused-ring (bicyclic) bond motifs is 2. The number of ether oxygens (including phenoxy) is 2. The summed E-state index contributed by atoms with van der Waals surface area (Å²) in [5, 5.41) is 3.23. The second-order valence-corrected chi connectivity index (χ2v) is 7.37. The number of rotatable bonds is 4. The first-order valence-electron chi connectivity index (χ1n) is 8.78. The van der Waals surface area contributed by atoms with Gasteiger partial charge in [-0.05, 0) is 30.3 Å². The second-order valence-electron chi connectivity index (χ2n) is 6.34. The number of thiazole rings is 1. The summed E-state index contributed by atoms with van der Waals surface area (Å²) in [4.78, 5) is 33.4. The van der Waals surface area contributed by atoms with E-state index in [0.29, 0.717) is 22.3 Å². The van der Waals surface area contributed by atoms with Crippen LogP contribution in [0.5, 0.6) is 11.5 Å². The molecule has 0 saturated carbocycles. The molecule has 9 heteroatoms. The molecule has 0 saturated heterocycles. The maximum atomic E-state index is 12.4. The van der Waals surface area contributed by atoms with Gasteiger partial charge in [-0.1, -0.05) is 23.5 Å². The van der Waals surface area contributed by atoms with Gasteiger partial charge < -0.3 is 14.8 Å². The molecule has 0 spiro atoms. The van der Waals surface area contributed by atoms with E-state index in [9.17, 15) is 9.59 Å². The van der Waals surface area contributed by atoms with Crippen molar-refractivity contribution in [1.82, 2.24) is 14.5 Å². The summed E-state index contributed by atoms with van der Waals surface area (Å²) >= 11 is 1.38. The number of aromatic nitrogens is 3. The lowest BCUT2D eigenvalue weighted by atomic mass is 10.1. The number of amides is 1. The van der Waals surface area contributed by atoms with Gasteiger partial charge in [0.1, 0.15) is 6.54 Å². The summed E-state index contributed by atoms with van der Waals surface area (Å²) in [6, 6.07) is 14.4. The molecule has 1 amide bonds. The highest BCUT2D eigenvalue weighted by molar-refractivity contribution is 7.22. The Bertz CT molecular complexity index is 1260. The first-order valence-corrected chi connectivity index (χ1v) is 9.59. The van der Waals surface area contributed by atoms with E-state index in [2.05, 4.69) is 15.3 Å². The summed E-state index contributed by atoms with van der Waals surface area (Å²) in [5.74, 6) is 0.932. The third-order valence-electron chi connectivity index (χ3n) is 4.40. The molecule has 0 atom stereocenters. The Morgan fingerprint density at radius 3 is 2.86 bits per heavy atom. The number of hydrogen-bond donors (Lipinski definition) is 1. The van der Waals surface area contributed by atoms with E-state index in [1.54, 1.807) is 18.2 Å². The van der Waals surface area contributed by atoms with Crippen molar-refractivity contribution in [2.45, 2.75) is 6.54 Å². The molecule has 0 unspecified atom stereocenters. The third-order valence-corrected chi connectivity index (χ3v) is 5.35. The Balaban J connectivity index is 1.32. The molecule has 1 aliphatic heterocycles. The van der Waals surface area contributed by atoms with Gasteiger partial charge in [-0.25, -0.2) is 9.97 Å². The van der Waals surface area contributed by atoms with Crippen molar-refractivity contribution in [3.05, 3.63) is 65.2 Å². The minimum atomic E-state index is -0.344. The van der Waals surface area contributed by atoms with E-state index in [0.717, 1.165) is 15.8 Å². The van der Waals surface area contributed by atoms with Crippen molar-refractivity contribution < 1.29 is 14.3 Å². The fraction of sp³-hybridized carbons (Fsp3) is 0.100. The zero-order valence-corrected chi connectivity index (χ0v) is 15.8. The normalized spacial score (nSPS) is 12.3. The molecule has 144 valence electrons. The monoisotopic (exact) mass is 406 g/mol. The van der Waals surface area contributed by atoms with Gasteiger partial charge in [-0.3, -0.25) is 14.2 Å². The van der Waals surface area contributed by atoms with E-state index in [-0.39, 0.29) is 24.8 Å². The molecule has 5 rings (SSSR count). The number of para-hydroxylation sites is 1. The standard InChI is InChI=1S/C20H14N4O4S/c25-18(23-20-22-13-3-1-2-4-17(13)29-20)9-24-10-21-14(8-19(24)26)12-5-6-15-16(7-12)28-11-27-15/h1-8,10H,9,11H2,(H,22,23,25). The average molecular weight is 406 g/mol. The highest BCUT2D eigenvalue weighted by atomic mass is 32.1. The molecule has 29 heavy (non-hydrogen) atoms. The molecule has 8 nitrogen and oxygen atoms in total. The second kappa shape index (κ2) is 7.02. The summed E-state index contributed by atoms with van der Waals surface area (Å²) in [6.45, 7) is 0.0285. The lowest BCUT2D eigenvalue weighted by molar-refractivity contribution is -0.116. The number of nitrogens with one attached hydrogen (secondary N) is 1. The van der Waals surface area contributed by atoms with Gasteiger partial charge in [0, 0.05) is 11.6 Å². The van der Waals surface area contributed by atoms with Gasteiger partial charge in [-0.2, -0.15) is 0 Å². The molecule has 0 bridgehead atoms. The summed E-state index contributed by atoms with van der Waals surface area (Å²) in [6.07, 6.45) is 1.36. The first kappa shape index (κ1) is 17.4. The summed E-state index contributed by atoms with van der Waals surface area (Å²) in [5.41, 5.74) is 1.72. The van der Waals surface area contributed by atoms with Crippen LogP contribution in [0, 0.1) is 0 Å².